The summed E-state index contributed by atoms with van der Waals surface area (Å²) in [6, 6.07) is 15.2. The molecular formula is C22H28N2O3. The van der Waals surface area contributed by atoms with Gasteiger partial charge in [-0.3, -0.25) is 9.69 Å². The molecule has 0 radical (unpaired) electrons. The summed E-state index contributed by atoms with van der Waals surface area (Å²) in [6.07, 6.45) is 2.45. The van der Waals surface area contributed by atoms with E-state index < -0.39 is 0 Å². The van der Waals surface area contributed by atoms with Crippen molar-refractivity contribution < 1.29 is 14.6 Å². The van der Waals surface area contributed by atoms with Gasteiger partial charge in [-0.25, -0.2) is 0 Å². The molecule has 5 nitrogen and oxygen atoms in total. The molecule has 2 aromatic carbocycles. The summed E-state index contributed by atoms with van der Waals surface area (Å²) in [5.41, 5.74) is 2.08. The van der Waals surface area contributed by atoms with Gasteiger partial charge in [0.25, 0.3) is 0 Å². The van der Waals surface area contributed by atoms with E-state index in [-0.39, 0.29) is 11.9 Å². The van der Waals surface area contributed by atoms with Gasteiger partial charge in [0.1, 0.15) is 11.5 Å². The summed E-state index contributed by atoms with van der Waals surface area (Å²) < 4.78 is 5.43. The zero-order valence-corrected chi connectivity index (χ0v) is 15.9. The first-order valence-electron chi connectivity index (χ1n) is 9.63. The van der Waals surface area contributed by atoms with E-state index in [2.05, 4.69) is 10.2 Å². The van der Waals surface area contributed by atoms with Gasteiger partial charge in [-0.2, -0.15) is 0 Å². The van der Waals surface area contributed by atoms with Gasteiger partial charge in [-0.05, 0) is 61.7 Å². The predicted octanol–water partition coefficient (Wildman–Crippen LogP) is 3.11. The maximum absolute atomic E-state index is 12.4. The van der Waals surface area contributed by atoms with E-state index in [4.69, 9.17) is 4.74 Å². The van der Waals surface area contributed by atoms with Crippen LogP contribution in [0.1, 0.15) is 30.9 Å². The monoisotopic (exact) mass is 368 g/mol. The van der Waals surface area contributed by atoms with Gasteiger partial charge in [0.2, 0.25) is 5.91 Å². The Labute approximate surface area is 161 Å². The predicted molar refractivity (Wildman–Crippen MR) is 106 cm³/mol. The summed E-state index contributed by atoms with van der Waals surface area (Å²) in [5.74, 6) is 1.18. The molecule has 1 heterocycles. The first kappa shape index (κ1) is 19.2. The zero-order valence-electron chi connectivity index (χ0n) is 15.9. The van der Waals surface area contributed by atoms with Crippen LogP contribution in [0.15, 0.2) is 48.5 Å². The molecule has 1 saturated heterocycles. The molecule has 0 spiro atoms. The van der Waals surface area contributed by atoms with E-state index >= 15 is 0 Å². The number of carbonyl (C=O) groups is 1. The van der Waals surface area contributed by atoms with Crippen LogP contribution < -0.4 is 10.1 Å². The van der Waals surface area contributed by atoms with Crippen LogP contribution in [0.3, 0.4) is 0 Å². The average Bonchev–Trinajstić information content (AvgIpc) is 2.64. The number of benzene rings is 2. The second kappa shape index (κ2) is 9.42. The number of hydrogen-bond donors (Lipinski definition) is 2. The van der Waals surface area contributed by atoms with E-state index in [1.807, 2.05) is 43.3 Å². The SMILES string of the molecule is CCOc1ccc(CC(=O)NC2CCCN(Cc3cccc(O)c3)C2)cc1. The molecule has 27 heavy (non-hydrogen) atoms. The third kappa shape index (κ3) is 6.00. The molecule has 3 rings (SSSR count). The molecule has 1 amide bonds. The normalized spacial score (nSPS) is 17.4. The third-order valence-corrected chi connectivity index (χ3v) is 4.79. The lowest BCUT2D eigenvalue weighted by Crippen LogP contribution is -2.47. The fourth-order valence-corrected chi connectivity index (χ4v) is 3.56. The van der Waals surface area contributed by atoms with E-state index in [0.29, 0.717) is 18.8 Å². The molecule has 2 N–H and O–H groups in total. The van der Waals surface area contributed by atoms with Crippen LogP contribution in [0.4, 0.5) is 0 Å². The Balaban J connectivity index is 1.48. The molecular weight excluding hydrogens is 340 g/mol. The lowest BCUT2D eigenvalue weighted by molar-refractivity contribution is -0.121. The van der Waals surface area contributed by atoms with Crippen LogP contribution in [0.2, 0.25) is 0 Å². The highest BCUT2D eigenvalue weighted by Gasteiger charge is 2.21. The van der Waals surface area contributed by atoms with Crippen LogP contribution in [0, 0.1) is 0 Å². The number of nitrogens with zero attached hydrogens (tertiary/aromatic N) is 1. The Morgan fingerprint density at radius 3 is 2.78 bits per heavy atom. The Bertz CT molecular complexity index is 745. The quantitative estimate of drug-likeness (QED) is 0.788. The van der Waals surface area contributed by atoms with Crippen molar-refractivity contribution in [3.05, 3.63) is 59.7 Å². The number of carbonyl (C=O) groups excluding carboxylic acids is 1. The number of phenols is 1. The number of rotatable bonds is 7. The summed E-state index contributed by atoms with van der Waals surface area (Å²) >= 11 is 0. The number of aromatic hydroxyl groups is 1. The Kier molecular flexibility index (Phi) is 6.71. The standard InChI is InChI=1S/C22H28N2O3/c1-2-27-21-10-8-17(9-11-21)14-22(26)23-19-6-4-12-24(16-19)15-18-5-3-7-20(25)13-18/h3,5,7-11,13,19,25H,2,4,6,12,14-16H2,1H3,(H,23,26). The number of ether oxygens (including phenoxy) is 1. The molecule has 0 aliphatic carbocycles. The Morgan fingerprint density at radius 1 is 1.22 bits per heavy atom. The van der Waals surface area contributed by atoms with Crippen LogP contribution >= 0.6 is 0 Å². The van der Waals surface area contributed by atoms with Crippen LogP contribution in [-0.2, 0) is 17.8 Å². The van der Waals surface area contributed by atoms with Crippen molar-refractivity contribution >= 4 is 5.91 Å². The van der Waals surface area contributed by atoms with Gasteiger partial charge in [0.15, 0.2) is 0 Å². The van der Waals surface area contributed by atoms with Gasteiger partial charge in [0, 0.05) is 19.1 Å². The molecule has 144 valence electrons. The molecule has 0 bridgehead atoms. The number of likely N-dealkylation sites (tertiary alicyclic amines) is 1. The van der Waals surface area contributed by atoms with E-state index in [9.17, 15) is 9.90 Å². The lowest BCUT2D eigenvalue weighted by Gasteiger charge is -2.33. The summed E-state index contributed by atoms with van der Waals surface area (Å²) in [6.45, 7) is 5.24. The molecule has 0 aromatic heterocycles. The maximum Gasteiger partial charge on any atom is 0.224 e. The first-order chi connectivity index (χ1) is 13.1. The minimum atomic E-state index is 0.0587. The second-order valence-electron chi connectivity index (χ2n) is 7.07. The first-order valence-corrected chi connectivity index (χ1v) is 9.63. The van der Waals surface area contributed by atoms with Gasteiger partial charge < -0.3 is 15.2 Å². The molecule has 1 unspecified atom stereocenters. The minimum absolute atomic E-state index is 0.0587. The second-order valence-corrected chi connectivity index (χ2v) is 7.07. The molecule has 1 aliphatic heterocycles. The number of hydrogen-bond acceptors (Lipinski definition) is 4. The molecule has 0 saturated carbocycles. The van der Waals surface area contributed by atoms with Crippen molar-refractivity contribution in [1.29, 1.82) is 0 Å². The van der Waals surface area contributed by atoms with Crippen LogP contribution in [0.25, 0.3) is 0 Å². The third-order valence-electron chi connectivity index (χ3n) is 4.79. The summed E-state index contributed by atoms with van der Waals surface area (Å²) in [5, 5.41) is 12.8. The van der Waals surface area contributed by atoms with Crippen molar-refractivity contribution in [2.24, 2.45) is 0 Å². The number of phenolic OH excluding ortho intramolecular Hbond substituents is 1. The van der Waals surface area contributed by atoms with Crippen LogP contribution in [-0.4, -0.2) is 41.7 Å². The van der Waals surface area contributed by atoms with E-state index in [1.54, 1.807) is 12.1 Å². The Hall–Kier alpha value is -2.53. The number of piperidine rings is 1. The fourth-order valence-electron chi connectivity index (χ4n) is 3.56. The number of amides is 1. The highest BCUT2D eigenvalue weighted by molar-refractivity contribution is 5.78. The van der Waals surface area contributed by atoms with Crippen molar-refractivity contribution in [3.8, 4) is 11.5 Å². The molecule has 2 aromatic rings. The van der Waals surface area contributed by atoms with Crippen molar-refractivity contribution in [2.75, 3.05) is 19.7 Å². The summed E-state index contributed by atoms with van der Waals surface area (Å²) in [7, 11) is 0. The number of nitrogens with one attached hydrogen (secondary N) is 1. The zero-order chi connectivity index (χ0) is 19.1. The van der Waals surface area contributed by atoms with Crippen LogP contribution in [0.5, 0.6) is 11.5 Å². The van der Waals surface area contributed by atoms with Crippen molar-refractivity contribution in [3.63, 3.8) is 0 Å². The molecule has 1 fully saturated rings. The topological polar surface area (TPSA) is 61.8 Å². The maximum atomic E-state index is 12.4. The lowest BCUT2D eigenvalue weighted by atomic mass is 10.0. The van der Waals surface area contributed by atoms with E-state index in [0.717, 1.165) is 49.4 Å². The van der Waals surface area contributed by atoms with E-state index in [1.165, 1.54) is 0 Å². The minimum Gasteiger partial charge on any atom is -0.508 e. The average molecular weight is 368 g/mol. The molecule has 1 aliphatic rings. The van der Waals surface area contributed by atoms with Crippen molar-refractivity contribution in [1.82, 2.24) is 10.2 Å². The fraction of sp³-hybridized carbons (Fsp3) is 0.409. The smallest absolute Gasteiger partial charge is 0.224 e. The van der Waals surface area contributed by atoms with Gasteiger partial charge >= 0.3 is 0 Å². The van der Waals surface area contributed by atoms with Crippen molar-refractivity contribution in [2.45, 2.75) is 38.8 Å². The van der Waals surface area contributed by atoms with Gasteiger partial charge in [0.05, 0.1) is 13.0 Å². The highest BCUT2D eigenvalue weighted by Crippen LogP contribution is 2.17. The highest BCUT2D eigenvalue weighted by atomic mass is 16.5. The Morgan fingerprint density at radius 2 is 2.04 bits per heavy atom. The van der Waals surface area contributed by atoms with Gasteiger partial charge in [-0.15, -0.1) is 0 Å². The molecule has 5 heteroatoms. The summed E-state index contributed by atoms with van der Waals surface area (Å²) in [4.78, 5) is 14.7. The molecule has 1 atom stereocenters. The largest absolute Gasteiger partial charge is 0.508 e. The van der Waals surface area contributed by atoms with Gasteiger partial charge in [-0.1, -0.05) is 24.3 Å².